The first-order valence-corrected chi connectivity index (χ1v) is 9.64. The zero-order chi connectivity index (χ0) is 19.3. The lowest BCUT2D eigenvalue weighted by atomic mass is 10.1. The predicted octanol–water partition coefficient (Wildman–Crippen LogP) is 2.71. The molecule has 0 amide bonds. The molecule has 0 radical (unpaired) electrons. The summed E-state index contributed by atoms with van der Waals surface area (Å²) in [5.74, 6) is -0.520. The maximum atomic E-state index is 13.0. The number of sulfonamides is 1. The number of ether oxygens (including phenoxy) is 1. The van der Waals surface area contributed by atoms with E-state index < -0.39 is 22.0 Å². The van der Waals surface area contributed by atoms with Crippen molar-refractivity contribution in [2.75, 3.05) is 13.7 Å². The van der Waals surface area contributed by atoms with Crippen LogP contribution in [0.25, 0.3) is 0 Å². The summed E-state index contributed by atoms with van der Waals surface area (Å²) >= 11 is 0. The average Bonchev–Trinajstić information content (AvgIpc) is 2.62. The quantitative estimate of drug-likeness (QED) is 0.765. The van der Waals surface area contributed by atoms with Crippen molar-refractivity contribution in [3.05, 3.63) is 59.7 Å². The van der Waals surface area contributed by atoms with E-state index in [9.17, 15) is 18.3 Å². The Morgan fingerprint density at radius 3 is 2.42 bits per heavy atom. The SMILES string of the molecule is COc1cccc(CCN([C@@H](C)C(=O)O)S(=O)(=O)c2ccc(C)cc2)c1. The minimum atomic E-state index is -3.93. The van der Waals surface area contributed by atoms with Crippen molar-refractivity contribution in [3.63, 3.8) is 0 Å². The molecule has 7 heteroatoms. The van der Waals surface area contributed by atoms with Crippen LogP contribution >= 0.6 is 0 Å². The maximum Gasteiger partial charge on any atom is 0.321 e. The van der Waals surface area contributed by atoms with E-state index in [0.717, 1.165) is 15.4 Å². The second-order valence-corrected chi connectivity index (χ2v) is 7.94. The Morgan fingerprint density at radius 1 is 1.19 bits per heavy atom. The van der Waals surface area contributed by atoms with Crippen LogP contribution in [0.5, 0.6) is 5.75 Å². The summed E-state index contributed by atoms with van der Waals surface area (Å²) < 4.78 is 32.1. The van der Waals surface area contributed by atoms with Crippen molar-refractivity contribution in [1.82, 2.24) is 4.31 Å². The van der Waals surface area contributed by atoms with E-state index in [1.165, 1.54) is 19.1 Å². The Hall–Kier alpha value is -2.38. The van der Waals surface area contributed by atoms with Gasteiger partial charge in [0.1, 0.15) is 11.8 Å². The molecular weight excluding hydrogens is 354 g/mol. The third-order valence-electron chi connectivity index (χ3n) is 4.17. The highest BCUT2D eigenvalue weighted by atomic mass is 32.2. The summed E-state index contributed by atoms with van der Waals surface area (Å²) in [5, 5.41) is 9.36. The van der Waals surface area contributed by atoms with Gasteiger partial charge in [-0.2, -0.15) is 4.31 Å². The van der Waals surface area contributed by atoms with E-state index in [0.29, 0.717) is 12.2 Å². The largest absolute Gasteiger partial charge is 0.497 e. The van der Waals surface area contributed by atoms with E-state index in [1.54, 1.807) is 25.3 Å². The molecule has 6 nitrogen and oxygen atoms in total. The number of hydrogen-bond donors (Lipinski definition) is 1. The molecule has 0 aliphatic carbocycles. The summed E-state index contributed by atoms with van der Waals surface area (Å²) in [6, 6.07) is 12.5. The molecule has 2 rings (SSSR count). The van der Waals surface area contributed by atoms with Gasteiger partial charge in [-0.15, -0.1) is 0 Å². The fraction of sp³-hybridized carbons (Fsp3) is 0.316. The van der Waals surface area contributed by atoms with Crippen molar-refractivity contribution < 1.29 is 23.1 Å². The van der Waals surface area contributed by atoms with Crippen molar-refractivity contribution in [1.29, 1.82) is 0 Å². The number of benzene rings is 2. The Kier molecular flexibility index (Phi) is 6.39. The zero-order valence-electron chi connectivity index (χ0n) is 15.0. The Morgan fingerprint density at radius 2 is 1.85 bits per heavy atom. The Bertz CT molecular complexity index is 862. The molecule has 0 aliphatic rings. The fourth-order valence-electron chi connectivity index (χ4n) is 2.56. The van der Waals surface area contributed by atoms with Crippen LogP contribution in [0, 0.1) is 6.92 Å². The van der Waals surface area contributed by atoms with Gasteiger partial charge < -0.3 is 9.84 Å². The lowest BCUT2D eigenvalue weighted by Gasteiger charge is -2.26. The van der Waals surface area contributed by atoms with E-state index in [2.05, 4.69) is 0 Å². The van der Waals surface area contributed by atoms with Crippen LogP contribution in [0.3, 0.4) is 0 Å². The first-order valence-electron chi connectivity index (χ1n) is 8.20. The molecule has 2 aromatic carbocycles. The topological polar surface area (TPSA) is 83.9 Å². The summed E-state index contributed by atoms with van der Waals surface area (Å²) in [6.07, 6.45) is 0.375. The number of nitrogens with zero attached hydrogens (tertiary/aromatic N) is 1. The fourth-order valence-corrected chi connectivity index (χ4v) is 4.15. The number of carboxylic acid groups (broad SMARTS) is 1. The van der Waals surface area contributed by atoms with Crippen molar-refractivity contribution >= 4 is 16.0 Å². The Balaban J connectivity index is 2.30. The van der Waals surface area contributed by atoms with Gasteiger partial charge in [0.05, 0.1) is 12.0 Å². The zero-order valence-corrected chi connectivity index (χ0v) is 15.9. The Labute approximate surface area is 154 Å². The number of hydrogen-bond acceptors (Lipinski definition) is 4. The van der Waals surface area contributed by atoms with Crippen LogP contribution in [0.15, 0.2) is 53.4 Å². The van der Waals surface area contributed by atoms with Crippen molar-refractivity contribution in [3.8, 4) is 5.75 Å². The van der Waals surface area contributed by atoms with Gasteiger partial charge in [0.15, 0.2) is 0 Å². The number of aliphatic carboxylic acids is 1. The number of carbonyl (C=O) groups is 1. The molecule has 0 spiro atoms. The molecule has 0 aromatic heterocycles. The molecule has 0 bridgehead atoms. The van der Waals surface area contributed by atoms with Gasteiger partial charge in [-0.05, 0) is 50.1 Å². The van der Waals surface area contributed by atoms with Gasteiger partial charge >= 0.3 is 5.97 Å². The van der Waals surface area contributed by atoms with Gasteiger partial charge in [-0.25, -0.2) is 8.42 Å². The number of carboxylic acids is 1. The van der Waals surface area contributed by atoms with Gasteiger partial charge in [-0.1, -0.05) is 29.8 Å². The van der Waals surface area contributed by atoms with E-state index >= 15 is 0 Å². The highest BCUT2D eigenvalue weighted by Gasteiger charge is 2.32. The molecule has 0 unspecified atom stereocenters. The number of rotatable bonds is 8. The highest BCUT2D eigenvalue weighted by Crippen LogP contribution is 2.21. The van der Waals surface area contributed by atoms with Crippen LogP contribution in [-0.2, 0) is 21.2 Å². The van der Waals surface area contributed by atoms with Gasteiger partial charge in [0.25, 0.3) is 0 Å². The molecule has 26 heavy (non-hydrogen) atoms. The first-order chi connectivity index (χ1) is 12.3. The van der Waals surface area contributed by atoms with Crippen LogP contribution in [-0.4, -0.2) is 43.5 Å². The number of methoxy groups -OCH3 is 1. The van der Waals surface area contributed by atoms with E-state index in [1.807, 2.05) is 25.1 Å². The second-order valence-electron chi connectivity index (χ2n) is 6.04. The third-order valence-corrected chi connectivity index (χ3v) is 6.16. The van der Waals surface area contributed by atoms with Crippen molar-refractivity contribution in [2.24, 2.45) is 0 Å². The monoisotopic (exact) mass is 377 g/mol. The van der Waals surface area contributed by atoms with Crippen LogP contribution < -0.4 is 4.74 Å². The first kappa shape index (κ1) is 19.9. The van der Waals surface area contributed by atoms with Gasteiger partial charge in [0, 0.05) is 6.54 Å². The molecule has 140 valence electrons. The van der Waals surface area contributed by atoms with Crippen molar-refractivity contribution in [2.45, 2.75) is 31.2 Å². The third kappa shape index (κ3) is 4.62. The standard InChI is InChI=1S/C19H23NO5S/c1-14-7-9-18(10-8-14)26(23,24)20(15(2)19(21)22)12-11-16-5-4-6-17(13-16)25-3/h4-10,13,15H,11-12H2,1-3H3,(H,21,22)/t15-/m0/s1. The summed E-state index contributed by atoms with van der Waals surface area (Å²) in [5.41, 5.74) is 1.80. The summed E-state index contributed by atoms with van der Waals surface area (Å²) in [6.45, 7) is 3.29. The molecule has 0 aliphatic heterocycles. The van der Waals surface area contributed by atoms with Gasteiger partial charge in [-0.3, -0.25) is 4.79 Å². The molecule has 2 aromatic rings. The van der Waals surface area contributed by atoms with Gasteiger partial charge in [0.2, 0.25) is 10.0 Å². The minimum absolute atomic E-state index is 0.0524. The van der Waals surface area contributed by atoms with E-state index in [4.69, 9.17) is 4.74 Å². The minimum Gasteiger partial charge on any atom is -0.497 e. The molecule has 1 atom stereocenters. The smallest absolute Gasteiger partial charge is 0.321 e. The summed E-state index contributed by atoms with van der Waals surface area (Å²) in [4.78, 5) is 11.5. The molecule has 0 heterocycles. The lowest BCUT2D eigenvalue weighted by molar-refractivity contribution is -0.140. The van der Waals surface area contributed by atoms with E-state index in [-0.39, 0.29) is 11.4 Å². The second kappa shape index (κ2) is 8.33. The molecule has 0 saturated carbocycles. The molecule has 0 saturated heterocycles. The van der Waals surface area contributed by atoms with Crippen LogP contribution in [0.2, 0.25) is 0 Å². The summed E-state index contributed by atoms with van der Waals surface area (Å²) in [7, 11) is -2.37. The maximum absolute atomic E-state index is 13.0. The molecule has 0 fully saturated rings. The van der Waals surface area contributed by atoms with Crippen LogP contribution in [0.1, 0.15) is 18.1 Å². The predicted molar refractivity (Wildman–Crippen MR) is 98.9 cm³/mol. The van der Waals surface area contributed by atoms with Crippen LogP contribution in [0.4, 0.5) is 0 Å². The normalized spacial score (nSPS) is 12.8. The molecule has 1 N–H and O–H groups in total. The number of aryl methyl sites for hydroxylation is 1. The highest BCUT2D eigenvalue weighted by molar-refractivity contribution is 7.89. The molecular formula is C19H23NO5S. The lowest BCUT2D eigenvalue weighted by Crippen LogP contribution is -2.44. The average molecular weight is 377 g/mol.